The van der Waals surface area contributed by atoms with Crippen LogP contribution in [0.25, 0.3) is 0 Å². The van der Waals surface area contributed by atoms with Gasteiger partial charge in [-0.1, -0.05) is 29.8 Å². The summed E-state index contributed by atoms with van der Waals surface area (Å²) in [7, 11) is 1.65. The van der Waals surface area contributed by atoms with Gasteiger partial charge >= 0.3 is 0 Å². The zero-order chi connectivity index (χ0) is 14.1. The highest BCUT2D eigenvalue weighted by molar-refractivity contribution is 6.31. The minimum atomic E-state index is -0.0255. The highest BCUT2D eigenvalue weighted by Crippen LogP contribution is 2.11. The summed E-state index contributed by atoms with van der Waals surface area (Å²) < 4.78 is 5.21. The molecular weight excluding hydrogens is 264 g/mol. The van der Waals surface area contributed by atoms with Crippen molar-refractivity contribution >= 4 is 17.5 Å². The lowest BCUT2D eigenvalue weighted by Crippen LogP contribution is -2.35. The third kappa shape index (κ3) is 6.05. The molecule has 2 rings (SSSR count). The molecule has 0 saturated carbocycles. The SMILES string of the molecule is CNC(=O)C1CNCCOC1.Cc1ccccc1Cl. The third-order valence-corrected chi connectivity index (χ3v) is 3.25. The van der Waals surface area contributed by atoms with Gasteiger partial charge in [-0.05, 0) is 18.6 Å². The van der Waals surface area contributed by atoms with Crippen molar-refractivity contribution in [3.63, 3.8) is 0 Å². The van der Waals surface area contributed by atoms with E-state index in [0.29, 0.717) is 13.2 Å². The fraction of sp³-hybridized carbons (Fsp3) is 0.500. The van der Waals surface area contributed by atoms with E-state index in [2.05, 4.69) is 10.6 Å². The van der Waals surface area contributed by atoms with Crippen LogP contribution in [-0.2, 0) is 9.53 Å². The molecule has 1 aromatic rings. The third-order valence-electron chi connectivity index (χ3n) is 2.83. The fourth-order valence-corrected chi connectivity index (χ4v) is 1.76. The molecule has 0 bridgehead atoms. The molecule has 19 heavy (non-hydrogen) atoms. The highest BCUT2D eigenvalue weighted by Gasteiger charge is 2.18. The predicted molar refractivity (Wildman–Crippen MR) is 77.4 cm³/mol. The summed E-state index contributed by atoms with van der Waals surface area (Å²) in [6, 6.07) is 7.77. The first-order chi connectivity index (χ1) is 9.15. The van der Waals surface area contributed by atoms with Crippen molar-refractivity contribution in [2.75, 3.05) is 33.4 Å². The van der Waals surface area contributed by atoms with Gasteiger partial charge in [0.15, 0.2) is 0 Å². The predicted octanol–water partition coefficient (Wildman–Crippen LogP) is 1.62. The molecule has 1 saturated heterocycles. The van der Waals surface area contributed by atoms with Crippen LogP contribution in [0.1, 0.15) is 5.56 Å². The van der Waals surface area contributed by atoms with Crippen molar-refractivity contribution in [2.24, 2.45) is 5.92 Å². The molecule has 1 aliphatic rings. The Bertz CT molecular complexity index is 370. The summed E-state index contributed by atoms with van der Waals surface area (Å²) in [5, 5.41) is 6.57. The first kappa shape index (κ1) is 16.0. The Kier molecular flexibility index (Phi) is 7.48. The normalized spacial score (nSPS) is 18.8. The van der Waals surface area contributed by atoms with E-state index in [9.17, 15) is 4.79 Å². The Morgan fingerprint density at radius 2 is 2.21 bits per heavy atom. The van der Waals surface area contributed by atoms with Gasteiger partial charge in [0.1, 0.15) is 0 Å². The average molecular weight is 285 g/mol. The summed E-state index contributed by atoms with van der Waals surface area (Å²) in [6.07, 6.45) is 0. The second kappa shape index (κ2) is 8.91. The van der Waals surface area contributed by atoms with E-state index < -0.39 is 0 Å². The maximum Gasteiger partial charge on any atom is 0.226 e. The number of carbonyl (C=O) groups is 1. The minimum absolute atomic E-state index is 0.0255. The fourth-order valence-electron chi connectivity index (χ4n) is 1.63. The Labute approximate surface area is 119 Å². The maximum atomic E-state index is 11.1. The van der Waals surface area contributed by atoms with Gasteiger partial charge in [0.05, 0.1) is 19.1 Å². The average Bonchev–Trinajstić information content (AvgIpc) is 2.71. The van der Waals surface area contributed by atoms with Crippen molar-refractivity contribution in [1.82, 2.24) is 10.6 Å². The number of carbonyl (C=O) groups excluding carboxylic acids is 1. The van der Waals surface area contributed by atoms with Crippen LogP contribution in [0.15, 0.2) is 24.3 Å². The van der Waals surface area contributed by atoms with Crippen molar-refractivity contribution in [3.8, 4) is 0 Å². The second-order valence-electron chi connectivity index (χ2n) is 4.34. The number of amides is 1. The number of aryl methyl sites for hydroxylation is 1. The first-order valence-electron chi connectivity index (χ1n) is 6.36. The van der Waals surface area contributed by atoms with Gasteiger partial charge in [0.25, 0.3) is 0 Å². The topological polar surface area (TPSA) is 50.4 Å². The monoisotopic (exact) mass is 284 g/mol. The van der Waals surface area contributed by atoms with Crippen molar-refractivity contribution in [1.29, 1.82) is 0 Å². The van der Waals surface area contributed by atoms with Crippen LogP contribution in [0.4, 0.5) is 0 Å². The van der Waals surface area contributed by atoms with E-state index in [1.54, 1.807) is 7.05 Å². The molecule has 1 fully saturated rings. The Morgan fingerprint density at radius 1 is 1.47 bits per heavy atom. The van der Waals surface area contributed by atoms with E-state index in [1.807, 2.05) is 31.2 Å². The summed E-state index contributed by atoms with van der Waals surface area (Å²) in [6.45, 7) is 4.79. The molecule has 0 aromatic heterocycles. The summed E-state index contributed by atoms with van der Waals surface area (Å²) in [4.78, 5) is 11.1. The smallest absolute Gasteiger partial charge is 0.226 e. The van der Waals surface area contributed by atoms with Gasteiger partial charge in [0, 0.05) is 25.2 Å². The molecule has 1 unspecified atom stereocenters. The number of halogens is 1. The number of nitrogens with one attached hydrogen (secondary N) is 2. The molecule has 2 N–H and O–H groups in total. The molecule has 1 amide bonds. The lowest BCUT2D eigenvalue weighted by molar-refractivity contribution is -0.125. The number of hydrogen-bond acceptors (Lipinski definition) is 3. The van der Waals surface area contributed by atoms with Gasteiger partial charge in [-0.25, -0.2) is 0 Å². The quantitative estimate of drug-likeness (QED) is 0.824. The summed E-state index contributed by atoms with van der Waals surface area (Å²) >= 11 is 5.71. The molecule has 0 spiro atoms. The van der Waals surface area contributed by atoms with Gasteiger partial charge in [0.2, 0.25) is 5.91 Å². The van der Waals surface area contributed by atoms with Gasteiger partial charge in [-0.2, -0.15) is 0 Å². The zero-order valence-electron chi connectivity index (χ0n) is 11.4. The van der Waals surface area contributed by atoms with Gasteiger partial charge in [-0.3, -0.25) is 4.79 Å². The number of hydrogen-bond donors (Lipinski definition) is 2. The van der Waals surface area contributed by atoms with Crippen LogP contribution in [0.2, 0.25) is 5.02 Å². The number of ether oxygens (including phenoxy) is 1. The van der Waals surface area contributed by atoms with Crippen molar-refractivity contribution in [3.05, 3.63) is 34.9 Å². The largest absolute Gasteiger partial charge is 0.379 e. The molecule has 4 nitrogen and oxygen atoms in total. The molecule has 5 heteroatoms. The molecule has 106 valence electrons. The maximum absolute atomic E-state index is 11.1. The molecule has 1 heterocycles. The highest BCUT2D eigenvalue weighted by atomic mass is 35.5. The second-order valence-corrected chi connectivity index (χ2v) is 4.75. The molecule has 0 radical (unpaired) electrons. The van der Waals surface area contributed by atoms with Gasteiger partial charge in [-0.15, -0.1) is 0 Å². The first-order valence-corrected chi connectivity index (χ1v) is 6.74. The Balaban J connectivity index is 0.000000200. The van der Waals surface area contributed by atoms with E-state index in [0.717, 1.165) is 23.7 Å². The van der Waals surface area contributed by atoms with Crippen molar-refractivity contribution in [2.45, 2.75) is 6.92 Å². The number of benzene rings is 1. The van der Waals surface area contributed by atoms with E-state index in [-0.39, 0.29) is 11.8 Å². The van der Waals surface area contributed by atoms with E-state index in [1.165, 1.54) is 0 Å². The van der Waals surface area contributed by atoms with Crippen LogP contribution < -0.4 is 10.6 Å². The molecule has 1 atom stereocenters. The molecule has 1 aliphatic heterocycles. The van der Waals surface area contributed by atoms with Crippen LogP contribution in [0.5, 0.6) is 0 Å². The molecule has 1 aromatic carbocycles. The molecule has 0 aliphatic carbocycles. The van der Waals surface area contributed by atoms with Crippen LogP contribution in [0, 0.1) is 12.8 Å². The standard InChI is InChI=1S/C7H7Cl.C7H14N2O2/c1-6-4-2-3-5-7(6)8;1-8-7(10)6-4-9-2-3-11-5-6/h2-5H,1H3;6,9H,2-5H2,1H3,(H,8,10). The Morgan fingerprint density at radius 3 is 2.79 bits per heavy atom. The van der Waals surface area contributed by atoms with Gasteiger partial charge < -0.3 is 15.4 Å². The number of rotatable bonds is 1. The minimum Gasteiger partial charge on any atom is -0.379 e. The van der Waals surface area contributed by atoms with Crippen LogP contribution >= 0.6 is 11.6 Å². The zero-order valence-corrected chi connectivity index (χ0v) is 12.2. The summed E-state index contributed by atoms with van der Waals surface area (Å²) in [5.41, 5.74) is 1.13. The van der Waals surface area contributed by atoms with E-state index >= 15 is 0 Å². The lowest BCUT2D eigenvalue weighted by atomic mass is 10.1. The van der Waals surface area contributed by atoms with E-state index in [4.69, 9.17) is 16.3 Å². The van der Waals surface area contributed by atoms with Crippen LogP contribution in [-0.4, -0.2) is 39.3 Å². The molecular formula is C14H21ClN2O2. The summed E-state index contributed by atoms with van der Waals surface area (Å²) in [5.74, 6) is 0.0295. The van der Waals surface area contributed by atoms with Crippen molar-refractivity contribution < 1.29 is 9.53 Å². The van der Waals surface area contributed by atoms with Crippen LogP contribution in [0.3, 0.4) is 0 Å². The lowest BCUT2D eigenvalue weighted by Gasteiger charge is -2.10. The Hall–Kier alpha value is -1.10.